The predicted molar refractivity (Wildman–Crippen MR) is 121 cm³/mol. The van der Waals surface area contributed by atoms with Gasteiger partial charge in [0.1, 0.15) is 11.6 Å². The summed E-state index contributed by atoms with van der Waals surface area (Å²) >= 11 is 7.65. The van der Waals surface area contributed by atoms with Crippen LogP contribution in [0, 0.1) is 19.7 Å². The van der Waals surface area contributed by atoms with Gasteiger partial charge in [0, 0.05) is 11.4 Å². The highest BCUT2D eigenvalue weighted by molar-refractivity contribution is 7.19. The van der Waals surface area contributed by atoms with E-state index in [2.05, 4.69) is 14.8 Å². The molecular weight excluding hydrogens is 478 g/mol. The van der Waals surface area contributed by atoms with E-state index in [1.54, 1.807) is 22.9 Å². The number of ether oxygens (including phenoxy) is 1. The molecule has 0 unspecified atom stereocenters. The van der Waals surface area contributed by atoms with Crippen LogP contribution in [0.4, 0.5) is 17.6 Å². The number of rotatable bonds is 5. The maximum Gasteiger partial charge on any atom is 0.573 e. The summed E-state index contributed by atoms with van der Waals surface area (Å²) in [5.41, 5.74) is 2.81. The zero-order chi connectivity index (χ0) is 23.9. The van der Waals surface area contributed by atoms with Gasteiger partial charge in [-0.25, -0.2) is 14.1 Å². The van der Waals surface area contributed by atoms with E-state index >= 15 is 0 Å². The fraction of sp³-hybridized carbons (Fsp3) is 0.217. The van der Waals surface area contributed by atoms with Crippen LogP contribution in [0.2, 0.25) is 5.02 Å². The highest BCUT2D eigenvalue weighted by Crippen LogP contribution is 2.42. The molecule has 0 radical (unpaired) electrons. The van der Waals surface area contributed by atoms with E-state index in [9.17, 15) is 17.6 Å². The molecule has 2 aromatic heterocycles. The number of nitrogens with zero attached hydrogens (tertiary/aromatic N) is 3. The van der Waals surface area contributed by atoms with E-state index in [0.717, 1.165) is 26.4 Å². The van der Waals surface area contributed by atoms with Crippen LogP contribution in [0.3, 0.4) is 0 Å². The van der Waals surface area contributed by atoms with Gasteiger partial charge in [0.15, 0.2) is 11.6 Å². The van der Waals surface area contributed by atoms with Crippen molar-refractivity contribution >= 4 is 22.9 Å². The maximum absolute atomic E-state index is 14.4. The van der Waals surface area contributed by atoms with Crippen molar-refractivity contribution in [2.45, 2.75) is 33.7 Å². The second-order valence-electron chi connectivity index (χ2n) is 7.25. The number of hydrogen-bond acceptors (Lipinski definition) is 4. The summed E-state index contributed by atoms with van der Waals surface area (Å²) in [6.07, 6.45) is -4.74. The van der Waals surface area contributed by atoms with Crippen molar-refractivity contribution in [2.24, 2.45) is 0 Å². The largest absolute Gasteiger partial charge is 0.573 e. The molecule has 33 heavy (non-hydrogen) atoms. The lowest BCUT2D eigenvalue weighted by molar-refractivity contribution is -0.274. The van der Waals surface area contributed by atoms with Crippen molar-refractivity contribution in [2.75, 3.05) is 0 Å². The number of aromatic nitrogens is 3. The minimum Gasteiger partial charge on any atom is -0.406 e. The number of aryl methyl sites for hydroxylation is 1. The summed E-state index contributed by atoms with van der Waals surface area (Å²) in [5, 5.41) is 4.68. The minimum atomic E-state index is -4.74. The zero-order valence-corrected chi connectivity index (χ0v) is 19.4. The third-order valence-corrected chi connectivity index (χ3v) is 6.91. The van der Waals surface area contributed by atoms with Gasteiger partial charge < -0.3 is 4.74 Å². The SMILES string of the molecule is CCn1nc(-c2c(F)cccc2Cl)nc1-c1sc(-c2ccc(OC(F)(F)F)cc2)c(C)c1C. The normalized spacial score (nSPS) is 11.8. The molecule has 0 aliphatic heterocycles. The lowest BCUT2D eigenvalue weighted by Gasteiger charge is -2.09. The number of halogens is 5. The van der Waals surface area contributed by atoms with Gasteiger partial charge in [-0.2, -0.15) is 5.10 Å². The van der Waals surface area contributed by atoms with E-state index in [-0.39, 0.29) is 22.2 Å². The first-order chi connectivity index (χ1) is 15.6. The van der Waals surface area contributed by atoms with Crippen molar-refractivity contribution in [3.05, 3.63) is 64.4 Å². The molecule has 0 amide bonds. The van der Waals surface area contributed by atoms with Crippen LogP contribution in [-0.4, -0.2) is 21.1 Å². The van der Waals surface area contributed by atoms with Gasteiger partial charge in [0.2, 0.25) is 0 Å². The summed E-state index contributed by atoms with van der Waals surface area (Å²) in [4.78, 5) is 6.32. The lowest BCUT2D eigenvalue weighted by Crippen LogP contribution is -2.16. The lowest BCUT2D eigenvalue weighted by atomic mass is 10.1. The molecule has 0 N–H and O–H groups in total. The molecule has 0 atom stereocenters. The fourth-order valence-electron chi connectivity index (χ4n) is 3.44. The Balaban J connectivity index is 1.76. The average molecular weight is 496 g/mol. The molecule has 4 nitrogen and oxygen atoms in total. The van der Waals surface area contributed by atoms with Crippen molar-refractivity contribution in [1.29, 1.82) is 0 Å². The van der Waals surface area contributed by atoms with Gasteiger partial charge in [-0.15, -0.1) is 24.5 Å². The van der Waals surface area contributed by atoms with Crippen LogP contribution in [0.25, 0.3) is 32.5 Å². The molecule has 10 heteroatoms. The minimum absolute atomic E-state index is 0.138. The van der Waals surface area contributed by atoms with E-state index in [1.807, 2.05) is 20.8 Å². The maximum atomic E-state index is 14.4. The summed E-state index contributed by atoms with van der Waals surface area (Å²) in [7, 11) is 0. The molecular formula is C23H18ClF4N3OS. The zero-order valence-electron chi connectivity index (χ0n) is 17.8. The van der Waals surface area contributed by atoms with E-state index in [0.29, 0.717) is 12.4 Å². The van der Waals surface area contributed by atoms with E-state index < -0.39 is 12.2 Å². The molecule has 4 rings (SSSR count). The molecule has 0 bridgehead atoms. The molecule has 0 spiro atoms. The van der Waals surface area contributed by atoms with Crippen LogP contribution in [-0.2, 0) is 6.54 Å². The second-order valence-corrected chi connectivity index (χ2v) is 8.68. The van der Waals surface area contributed by atoms with Gasteiger partial charge in [-0.1, -0.05) is 17.7 Å². The van der Waals surface area contributed by atoms with Gasteiger partial charge in [-0.05, 0) is 73.9 Å². The Hall–Kier alpha value is -2.91. The first-order valence-corrected chi connectivity index (χ1v) is 11.1. The number of benzene rings is 2. The summed E-state index contributed by atoms with van der Waals surface area (Å²) < 4.78 is 57.4. The van der Waals surface area contributed by atoms with Crippen molar-refractivity contribution in [3.63, 3.8) is 0 Å². The number of thiophene rings is 1. The predicted octanol–water partition coefficient (Wildman–Crippen LogP) is 7.67. The molecule has 0 saturated heterocycles. The Labute approximate surface area is 196 Å². The Morgan fingerprint density at radius 3 is 2.30 bits per heavy atom. The monoisotopic (exact) mass is 495 g/mol. The molecule has 172 valence electrons. The molecule has 0 fully saturated rings. The van der Waals surface area contributed by atoms with Crippen LogP contribution in [0.5, 0.6) is 5.75 Å². The summed E-state index contributed by atoms with van der Waals surface area (Å²) in [6, 6.07) is 10.1. The molecule has 0 aliphatic rings. The Morgan fingerprint density at radius 1 is 1.03 bits per heavy atom. The molecule has 2 aromatic carbocycles. The molecule has 2 heterocycles. The van der Waals surface area contributed by atoms with Crippen molar-refractivity contribution in [3.8, 4) is 38.3 Å². The summed E-state index contributed by atoms with van der Waals surface area (Å²) in [6.45, 7) is 6.28. The van der Waals surface area contributed by atoms with Gasteiger partial charge in [0.25, 0.3) is 0 Å². The molecule has 0 aliphatic carbocycles. The fourth-order valence-corrected chi connectivity index (χ4v) is 5.00. The third kappa shape index (κ3) is 4.60. The average Bonchev–Trinajstić information content (AvgIpc) is 3.29. The first kappa shape index (κ1) is 23.3. The summed E-state index contributed by atoms with van der Waals surface area (Å²) in [5.74, 6) is -0.0333. The standard InChI is InChI=1S/C23H18ClF4N3OS/c1-4-31-22(29-21(30-31)18-16(24)6-5-7-17(18)25)20-13(3)12(2)19(33-20)14-8-10-15(11-9-14)32-23(26,27)28/h5-11H,4H2,1-3H3. The quantitative estimate of drug-likeness (QED) is 0.267. The Morgan fingerprint density at radius 2 is 1.70 bits per heavy atom. The topological polar surface area (TPSA) is 39.9 Å². The molecule has 0 saturated carbocycles. The Kier molecular flexibility index (Phi) is 6.20. The number of hydrogen-bond donors (Lipinski definition) is 0. The highest BCUT2D eigenvalue weighted by atomic mass is 35.5. The number of alkyl halides is 3. The van der Waals surface area contributed by atoms with Crippen molar-refractivity contribution < 1.29 is 22.3 Å². The third-order valence-electron chi connectivity index (χ3n) is 5.16. The van der Waals surface area contributed by atoms with Gasteiger partial charge in [-0.3, -0.25) is 0 Å². The first-order valence-electron chi connectivity index (χ1n) is 9.94. The second kappa shape index (κ2) is 8.79. The van der Waals surface area contributed by atoms with E-state index in [1.165, 1.54) is 35.6 Å². The van der Waals surface area contributed by atoms with Crippen LogP contribution in [0.1, 0.15) is 18.1 Å². The van der Waals surface area contributed by atoms with Crippen LogP contribution in [0.15, 0.2) is 42.5 Å². The molecule has 4 aromatic rings. The Bertz CT molecular complexity index is 1290. The van der Waals surface area contributed by atoms with Crippen molar-refractivity contribution in [1.82, 2.24) is 14.8 Å². The highest BCUT2D eigenvalue weighted by Gasteiger charge is 2.31. The van der Waals surface area contributed by atoms with Crippen LogP contribution < -0.4 is 4.74 Å². The smallest absolute Gasteiger partial charge is 0.406 e. The van der Waals surface area contributed by atoms with Gasteiger partial charge >= 0.3 is 6.36 Å². The van der Waals surface area contributed by atoms with Gasteiger partial charge in [0.05, 0.1) is 15.5 Å². The van der Waals surface area contributed by atoms with Crippen LogP contribution >= 0.6 is 22.9 Å². The van der Waals surface area contributed by atoms with E-state index in [4.69, 9.17) is 11.6 Å².